The van der Waals surface area contributed by atoms with Crippen LogP contribution in [0.5, 0.6) is 0 Å². The van der Waals surface area contributed by atoms with E-state index in [1.165, 1.54) is 0 Å². The highest BCUT2D eigenvalue weighted by Gasteiger charge is 2.52. The van der Waals surface area contributed by atoms with Crippen LogP contribution in [0.15, 0.2) is 17.2 Å². The van der Waals surface area contributed by atoms with Crippen LogP contribution in [0.1, 0.15) is 59.6 Å². The molecule has 180 valence electrons. The van der Waals surface area contributed by atoms with Gasteiger partial charge in [0.2, 0.25) is 0 Å². The fourth-order valence-corrected chi connectivity index (χ4v) is 3.91. The molecule has 2 aliphatic rings. The lowest BCUT2D eigenvalue weighted by Gasteiger charge is -2.35. The Morgan fingerprint density at radius 2 is 1.73 bits per heavy atom. The molecule has 9 nitrogen and oxygen atoms in total. The Hall–Kier alpha value is -2.26. The lowest BCUT2D eigenvalue weighted by Crippen LogP contribution is -2.49. The van der Waals surface area contributed by atoms with Crippen LogP contribution in [-0.2, 0) is 20.6 Å². The Morgan fingerprint density at radius 3 is 2.24 bits per heavy atom. The molecule has 0 saturated carbocycles. The van der Waals surface area contributed by atoms with Crippen molar-refractivity contribution in [3.8, 4) is 0 Å². The van der Waals surface area contributed by atoms with Crippen LogP contribution in [0.3, 0.4) is 0 Å². The normalized spacial score (nSPS) is 20.5. The minimum atomic E-state index is -0.536. The molecule has 2 fully saturated rings. The number of azide groups is 1. The van der Waals surface area contributed by atoms with Gasteiger partial charge in [0.15, 0.2) is 0 Å². The summed E-state index contributed by atoms with van der Waals surface area (Å²) in [7, 11) is -0.536. The van der Waals surface area contributed by atoms with Gasteiger partial charge >= 0.3 is 13.2 Å². The third-order valence-corrected chi connectivity index (χ3v) is 6.57. The molecule has 2 saturated heterocycles. The summed E-state index contributed by atoms with van der Waals surface area (Å²) in [5, 5.41) is 3.92. The van der Waals surface area contributed by atoms with Crippen molar-refractivity contribution in [3.05, 3.63) is 33.7 Å². The quantitative estimate of drug-likeness (QED) is 0.291. The lowest BCUT2D eigenvalue weighted by molar-refractivity contribution is 0.00578. The summed E-state index contributed by atoms with van der Waals surface area (Å²) < 4.78 is 18.0. The average Bonchev–Trinajstić information content (AvgIpc) is 2.90. The maximum atomic E-state index is 12.3. The third-order valence-electron chi connectivity index (χ3n) is 6.57. The second-order valence-corrected chi connectivity index (χ2v) is 10.9. The van der Waals surface area contributed by atoms with Crippen molar-refractivity contribution in [1.82, 2.24) is 9.80 Å². The number of nitrogens with zero attached hydrogens (tertiary/aromatic N) is 5. The highest BCUT2D eigenvalue weighted by atomic mass is 16.7. The zero-order valence-electron chi connectivity index (χ0n) is 21.1. The van der Waals surface area contributed by atoms with Gasteiger partial charge in [0.05, 0.1) is 11.2 Å². The molecular formula is C23H36BN5O4. The second kappa shape index (κ2) is 9.18. The number of rotatable bonds is 4. The molecular weight excluding hydrogens is 421 g/mol. The van der Waals surface area contributed by atoms with Gasteiger partial charge in [-0.1, -0.05) is 11.2 Å². The van der Waals surface area contributed by atoms with Crippen LogP contribution in [0.25, 0.3) is 10.4 Å². The predicted molar refractivity (Wildman–Crippen MR) is 129 cm³/mol. The van der Waals surface area contributed by atoms with Crippen LogP contribution in [0.2, 0.25) is 0 Å². The fraction of sp³-hybridized carbons (Fsp3) is 0.696. The molecule has 1 aromatic rings. The van der Waals surface area contributed by atoms with E-state index in [1.54, 1.807) is 4.90 Å². The maximum Gasteiger partial charge on any atom is 0.495 e. The second-order valence-electron chi connectivity index (χ2n) is 10.9. The van der Waals surface area contributed by atoms with Crippen molar-refractivity contribution in [2.45, 2.75) is 78.7 Å². The highest BCUT2D eigenvalue weighted by molar-refractivity contribution is 6.62. The zero-order chi connectivity index (χ0) is 24.6. The summed E-state index contributed by atoms with van der Waals surface area (Å²) in [5.74, 6) is 0. The van der Waals surface area contributed by atoms with Crippen LogP contribution >= 0.6 is 0 Å². The fourth-order valence-electron chi connectivity index (χ4n) is 3.91. The van der Waals surface area contributed by atoms with Crippen molar-refractivity contribution in [2.24, 2.45) is 5.11 Å². The molecule has 33 heavy (non-hydrogen) atoms. The third kappa shape index (κ3) is 5.82. The van der Waals surface area contributed by atoms with Crippen LogP contribution < -0.4 is 5.46 Å². The van der Waals surface area contributed by atoms with Crippen LogP contribution in [0, 0.1) is 6.92 Å². The van der Waals surface area contributed by atoms with Gasteiger partial charge in [-0.25, -0.2) is 4.79 Å². The topological polar surface area (TPSA) is 100 Å². The largest absolute Gasteiger partial charge is 0.495 e. The number of hydrogen-bond donors (Lipinski definition) is 0. The SMILES string of the molecule is Cc1c(N=[N+]=[N-])cc(CN2CCN(C(=O)OC(C)(C)C)CC2)cc1B1OC(C)(C)C(C)(C)O1. The summed E-state index contributed by atoms with van der Waals surface area (Å²) in [4.78, 5) is 19.4. The van der Waals surface area contributed by atoms with E-state index in [1.807, 2.05) is 61.5 Å². The van der Waals surface area contributed by atoms with Gasteiger partial charge in [-0.3, -0.25) is 4.90 Å². The minimum Gasteiger partial charge on any atom is -0.444 e. The summed E-state index contributed by atoms with van der Waals surface area (Å²) in [6, 6.07) is 4.00. The molecule has 2 aliphatic heterocycles. The number of benzene rings is 1. The summed E-state index contributed by atoms with van der Waals surface area (Å²) >= 11 is 0. The molecule has 0 radical (unpaired) electrons. The van der Waals surface area contributed by atoms with Crippen molar-refractivity contribution in [3.63, 3.8) is 0 Å². The number of piperazine rings is 1. The van der Waals surface area contributed by atoms with E-state index in [0.717, 1.165) is 29.7 Å². The first-order chi connectivity index (χ1) is 15.2. The number of carbonyl (C=O) groups is 1. The van der Waals surface area contributed by atoms with Gasteiger partial charge in [-0.15, -0.1) is 0 Å². The monoisotopic (exact) mass is 457 g/mol. The van der Waals surface area contributed by atoms with E-state index >= 15 is 0 Å². The van der Waals surface area contributed by atoms with E-state index in [4.69, 9.17) is 19.6 Å². The molecule has 10 heteroatoms. The first-order valence-corrected chi connectivity index (χ1v) is 11.5. The van der Waals surface area contributed by atoms with Gasteiger partial charge < -0.3 is 18.9 Å². The molecule has 1 amide bonds. The van der Waals surface area contributed by atoms with Gasteiger partial charge in [-0.2, -0.15) is 0 Å². The number of hydrogen-bond acceptors (Lipinski definition) is 6. The van der Waals surface area contributed by atoms with E-state index < -0.39 is 23.9 Å². The molecule has 2 heterocycles. The molecule has 0 spiro atoms. The zero-order valence-corrected chi connectivity index (χ0v) is 21.1. The van der Waals surface area contributed by atoms with Gasteiger partial charge in [0.1, 0.15) is 5.60 Å². The predicted octanol–water partition coefficient (Wildman–Crippen LogP) is 4.29. The Morgan fingerprint density at radius 1 is 1.15 bits per heavy atom. The van der Waals surface area contributed by atoms with Crippen molar-refractivity contribution in [2.75, 3.05) is 26.2 Å². The van der Waals surface area contributed by atoms with Gasteiger partial charge in [-0.05, 0) is 83.6 Å². The molecule has 1 aromatic carbocycles. The van der Waals surface area contributed by atoms with Crippen molar-refractivity contribution >= 4 is 24.4 Å². The maximum absolute atomic E-state index is 12.3. The highest BCUT2D eigenvalue weighted by Crippen LogP contribution is 2.37. The molecule has 0 N–H and O–H groups in total. The lowest BCUT2D eigenvalue weighted by atomic mass is 9.75. The van der Waals surface area contributed by atoms with Gasteiger partial charge in [0.25, 0.3) is 0 Å². The van der Waals surface area contributed by atoms with Crippen LogP contribution in [0.4, 0.5) is 10.5 Å². The molecule has 0 aliphatic carbocycles. The number of amides is 1. The average molecular weight is 457 g/mol. The van der Waals surface area contributed by atoms with E-state index in [-0.39, 0.29) is 6.09 Å². The Balaban J connectivity index is 1.75. The summed E-state index contributed by atoms with van der Waals surface area (Å²) in [5.41, 5.74) is 11.0. The smallest absolute Gasteiger partial charge is 0.444 e. The summed E-state index contributed by atoms with van der Waals surface area (Å²) in [6.45, 7) is 19.0. The van der Waals surface area contributed by atoms with E-state index in [2.05, 4.69) is 21.0 Å². The van der Waals surface area contributed by atoms with E-state index in [0.29, 0.717) is 25.3 Å². The Kier molecular flexibility index (Phi) is 7.06. The van der Waals surface area contributed by atoms with Gasteiger partial charge in [0, 0.05) is 43.3 Å². The minimum absolute atomic E-state index is 0.272. The molecule has 0 bridgehead atoms. The molecule has 0 unspecified atom stereocenters. The Bertz CT molecular complexity index is 929. The first kappa shape index (κ1) is 25.4. The summed E-state index contributed by atoms with van der Waals surface area (Å²) in [6.07, 6.45) is -0.272. The van der Waals surface area contributed by atoms with Crippen LogP contribution in [-0.4, -0.2) is 66.0 Å². The number of carbonyl (C=O) groups excluding carboxylic acids is 1. The standard InChI is InChI=1S/C23H36BN5O4/c1-16-18(24-32-22(5,6)23(7,8)33-24)13-17(14-19(16)26-27-25)15-28-9-11-29(12-10-28)20(30)31-21(2,3)4/h13-14H,9-12,15H2,1-8H3. The molecule has 0 atom stereocenters. The number of ether oxygens (including phenoxy) is 1. The molecule has 0 aromatic heterocycles. The van der Waals surface area contributed by atoms with E-state index in [9.17, 15) is 4.79 Å². The van der Waals surface area contributed by atoms with Crippen molar-refractivity contribution < 1.29 is 18.8 Å². The first-order valence-electron chi connectivity index (χ1n) is 11.5. The Labute approximate surface area is 197 Å². The molecule has 3 rings (SSSR count). The van der Waals surface area contributed by atoms with Crippen molar-refractivity contribution in [1.29, 1.82) is 0 Å².